The molecule has 2 aromatic heterocycles. The molecule has 0 unspecified atom stereocenters. The van der Waals surface area contributed by atoms with Gasteiger partial charge in [-0.05, 0) is 18.2 Å². The number of aromatic nitrogens is 2. The first-order valence-corrected chi connectivity index (χ1v) is 8.02. The second kappa shape index (κ2) is 4.54. The summed E-state index contributed by atoms with van der Waals surface area (Å²) in [6, 6.07) is 12.1. The summed E-state index contributed by atoms with van der Waals surface area (Å²) in [4.78, 5) is 25.6. The minimum Gasteiger partial charge on any atom is -0.368 e. The molecule has 2 aliphatic rings. The third-order valence-electron chi connectivity index (χ3n) is 5.26. The minimum absolute atomic E-state index is 0.168. The van der Waals surface area contributed by atoms with Gasteiger partial charge in [0.2, 0.25) is 5.91 Å². The Morgan fingerprint density at radius 1 is 1.08 bits per heavy atom. The molecule has 24 heavy (non-hydrogen) atoms. The van der Waals surface area contributed by atoms with Crippen molar-refractivity contribution in [3.8, 4) is 0 Å². The van der Waals surface area contributed by atoms with E-state index in [4.69, 9.17) is 0 Å². The predicted octanol–water partition coefficient (Wildman–Crippen LogP) is 2.36. The van der Waals surface area contributed by atoms with Crippen molar-refractivity contribution < 1.29 is 4.79 Å². The zero-order chi connectivity index (χ0) is 16.3. The molecule has 3 aromatic rings. The molecule has 5 heteroatoms. The highest BCUT2D eigenvalue weighted by Gasteiger charge is 2.58. The van der Waals surface area contributed by atoms with Crippen LogP contribution in [0.5, 0.6) is 0 Å². The number of nitrogens with zero attached hydrogens (tertiary/aromatic N) is 4. The number of hydrogen-bond acceptors (Lipinski definition) is 4. The number of para-hydroxylation sites is 1. The molecule has 0 saturated carbocycles. The zero-order valence-corrected chi connectivity index (χ0v) is 13.3. The highest BCUT2D eigenvalue weighted by molar-refractivity contribution is 6.13. The van der Waals surface area contributed by atoms with Gasteiger partial charge in [-0.3, -0.25) is 14.8 Å². The van der Waals surface area contributed by atoms with Gasteiger partial charge in [0.1, 0.15) is 5.41 Å². The van der Waals surface area contributed by atoms with Crippen LogP contribution in [0.25, 0.3) is 10.9 Å². The monoisotopic (exact) mass is 316 g/mol. The first kappa shape index (κ1) is 13.5. The summed E-state index contributed by atoms with van der Waals surface area (Å²) in [6.45, 7) is 1.39. The molecule has 5 rings (SSSR count). The summed E-state index contributed by atoms with van der Waals surface area (Å²) in [6.07, 6.45) is 5.41. The van der Waals surface area contributed by atoms with Crippen molar-refractivity contribution in [2.24, 2.45) is 0 Å². The highest BCUT2D eigenvalue weighted by Crippen LogP contribution is 2.50. The van der Waals surface area contributed by atoms with Gasteiger partial charge in [-0.25, -0.2) is 0 Å². The van der Waals surface area contributed by atoms with Crippen LogP contribution in [0.4, 0.5) is 11.4 Å². The SMILES string of the molecule is CN1C(=O)C2(CN(c3ccncc3)C2)c2c1cnc1ccccc21. The molecular formula is C19H16N4O. The fourth-order valence-corrected chi connectivity index (χ4v) is 4.06. The molecule has 0 aliphatic carbocycles. The number of benzene rings is 1. The lowest BCUT2D eigenvalue weighted by Crippen LogP contribution is -2.64. The lowest BCUT2D eigenvalue weighted by molar-refractivity contribution is -0.123. The standard InChI is InChI=1S/C19H16N4O/c1-22-16-10-21-15-5-3-2-4-14(15)17(16)19(18(22)24)11-23(12-19)13-6-8-20-9-7-13/h2-10H,11-12H2,1H3. The van der Waals surface area contributed by atoms with Crippen LogP contribution in [0.3, 0.4) is 0 Å². The van der Waals surface area contributed by atoms with Crippen LogP contribution >= 0.6 is 0 Å². The third-order valence-corrected chi connectivity index (χ3v) is 5.26. The van der Waals surface area contributed by atoms with Crippen molar-refractivity contribution in [3.63, 3.8) is 0 Å². The lowest BCUT2D eigenvalue weighted by Gasteiger charge is -2.48. The number of fused-ring (bicyclic) bond motifs is 4. The van der Waals surface area contributed by atoms with Crippen LogP contribution in [0.1, 0.15) is 5.56 Å². The second-order valence-corrected chi connectivity index (χ2v) is 6.54. The van der Waals surface area contributed by atoms with Gasteiger partial charge in [-0.2, -0.15) is 0 Å². The van der Waals surface area contributed by atoms with Gasteiger partial charge in [-0.1, -0.05) is 18.2 Å². The molecule has 0 radical (unpaired) electrons. The number of carbonyl (C=O) groups is 1. The van der Waals surface area contributed by atoms with Crippen molar-refractivity contribution in [2.75, 3.05) is 29.9 Å². The van der Waals surface area contributed by atoms with E-state index in [1.54, 1.807) is 17.3 Å². The highest BCUT2D eigenvalue weighted by atomic mass is 16.2. The molecule has 0 atom stereocenters. The number of amides is 1. The van der Waals surface area contributed by atoms with E-state index in [-0.39, 0.29) is 5.91 Å². The van der Waals surface area contributed by atoms with E-state index in [0.717, 1.165) is 27.8 Å². The fraction of sp³-hybridized carbons (Fsp3) is 0.211. The summed E-state index contributed by atoms with van der Waals surface area (Å²) in [5.74, 6) is 0.168. The number of hydrogen-bond donors (Lipinski definition) is 0. The Kier molecular flexibility index (Phi) is 2.55. The van der Waals surface area contributed by atoms with Gasteiger partial charge in [0, 0.05) is 49.2 Å². The summed E-state index contributed by atoms with van der Waals surface area (Å²) >= 11 is 0. The largest absolute Gasteiger partial charge is 0.368 e. The van der Waals surface area contributed by atoms with Gasteiger partial charge in [-0.15, -0.1) is 0 Å². The Labute approximate surface area is 139 Å². The predicted molar refractivity (Wildman–Crippen MR) is 93.3 cm³/mol. The smallest absolute Gasteiger partial charge is 0.241 e. The average Bonchev–Trinajstić information content (AvgIpc) is 2.83. The van der Waals surface area contributed by atoms with Gasteiger partial charge in [0.25, 0.3) is 0 Å². The van der Waals surface area contributed by atoms with Crippen molar-refractivity contribution >= 4 is 28.2 Å². The molecule has 1 amide bonds. The van der Waals surface area contributed by atoms with Gasteiger partial charge < -0.3 is 9.80 Å². The molecule has 118 valence electrons. The Morgan fingerprint density at radius 2 is 1.83 bits per heavy atom. The van der Waals surface area contributed by atoms with Crippen molar-refractivity contribution in [1.29, 1.82) is 0 Å². The maximum atomic E-state index is 13.0. The number of likely N-dealkylation sites (N-methyl/N-ethyl adjacent to an activating group) is 1. The molecule has 1 saturated heterocycles. The average molecular weight is 316 g/mol. The van der Waals surface area contributed by atoms with E-state index >= 15 is 0 Å². The van der Waals surface area contributed by atoms with Crippen LogP contribution in [0, 0.1) is 0 Å². The Hall–Kier alpha value is -2.95. The summed E-state index contributed by atoms with van der Waals surface area (Å²) in [5.41, 5.74) is 3.66. The molecule has 2 aliphatic heterocycles. The van der Waals surface area contributed by atoms with E-state index in [1.165, 1.54) is 0 Å². The van der Waals surface area contributed by atoms with Gasteiger partial charge >= 0.3 is 0 Å². The van der Waals surface area contributed by atoms with Crippen LogP contribution in [0.15, 0.2) is 55.0 Å². The van der Waals surface area contributed by atoms with E-state index in [1.807, 2.05) is 43.6 Å². The number of carbonyl (C=O) groups excluding carboxylic acids is 1. The van der Waals surface area contributed by atoms with Crippen molar-refractivity contribution in [3.05, 3.63) is 60.6 Å². The first-order chi connectivity index (χ1) is 11.7. The number of rotatable bonds is 1. The van der Waals surface area contributed by atoms with E-state index in [0.29, 0.717) is 13.1 Å². The molecular weight excluding hydrogens is 300 g/mol. The van der Waals surface area contributed by atoms with Crippen molar-refractivity contribution in [1.82, 2.24) is 9.97 Å². The zero-order valence-electron chi connectivity index (χ0n) is 13.3. The van der Waals surface area contributed by atoms with Crippen molar-refractivity contribution in [2.45, 2.75) is 5.41 Å². The summed E-state index contributed by atoms with van der Waals surface area (Å²) < 4.78 is 0. The first-order valence-electron chi connectivity index (χ1n) is 8.02. The van der Waals surface area contributed by atoms with Crippen LogP contribution in [-0.2, 0) is 10.2 Å². The maximum absolute atomic E-state index is 13.0. The summed E-state index contributed by atoms with van der Waals surface area (Å²) in [7, 11) is 1.85. The summed E-state index contributed by atoms with van der Waals surface area (Å²) in [5, 5.41) is 1.09. The lowest BCUT2D eigenvalue weighted by atomic mass is 9.73. The molecule has 0 bridgehead atoms. The topological polar surface area (TPSA) is 49.3 Å². The normalized spacial score (nSPS) is 18.1. The Bertz CT molecular complexity index is 964. The van der Waals surface area contributed by atoms with E-state index < -0.39 is 5.41 Å². The fourth-order valence-electron chi connectivity index (χ4n) is 4.06. The molecule has 1 spiro atoms. The van der Waals surface area contributed by atoms with Gasteiger partial charge in [0.15, 0.2) is 0 Å². The van der Waals surface area contributed by atoms with Gasteiger partial charge in [0.05, 0.1) is 17.4 Å². The molecule has 1 fully saturated rings. The van der Waals surface area contributed by atoms with Crippen LogP contribution in [-0.4, -0.2) is 36.0 Å². The maximum Gasteiger partial charge on any atom is 0.241 e. The molecule has 0 N–H and O–H groups in total. The number of anilines is 2. The van der Waals surface area contributed by atoms with Crippen LogP contribution in [0.2, 0.25) is 0 Å². The Balaban J connectivity index is 1.65. The van der Waals surface area contributed by atoms with Crippen LogP contribution < -0.4 is 9.80 Å². The third kappa shape index (κ3) is 1.56. The second-order valence-electron chi connectivity index (χ2n) is 6.54. The van der Waals surface area contributed by atoms with E-state index in [2.05, 4.69) is 20.9 Å². The Morgan fingerprint density at radius 3 is 2.62 bits per heavy atom. The minimum atomic E-state index is -0.462. The quantitative estimate of drug-likeness (QED) is 0.691. The molecule has 5 nitrogen and oxygen atoms in total. The number of pyridine rings is 2. The molecule has 1 aromatic carbocycles. The van der Waals surface area contributed by atoms with E-state index in [9.17, 15) is 4.79 Å². The molecule has 4 heterocycles.